The molecule has 1 aromatic rings. The van der Waals surface area contributed by atoms with E-state index in [0.717, 1.165) is 32.4 Å². The number of nitrogens with zero attached hydrogens (tertiary/aromatic N) is 2. The number of carbonyl (C=O) groups excluding carboxylic acids is 2. The van der Waals surface area contributed by atoms with E-state index in [4.69, 9.17) is 4.74 Å². The molecule has 0 N–H and O–H groups in total. The Morgan fingerprint density at radius 3 is 2.66 bits per heavy atom. The second-order valence-electron chi connectivity index (χ2n) is 8.97. The number of amides is 1. The number of ether oxygens (including phenoxy) is 1. The molecule has 3 heterocycles. The van der Waals surface area contributed by atoms with Crippen LogP contribution in [-0.4, -0.2) is 53.3 Å². The minimum atomic E-state index is -0.704. The van der Waals surface area contributed by atoms with E-state index >= 15 is 0 Å². The van der Waals surface area contributed by atoms with E-state index in [1.54, 1.807) is 12.1 Å². The number of hydrogen-bond acceptors (Lipinski definition) is 5. The standard InChI is InChI=1S/C21H25FN2O4S/c22-17-8-15(4-6-18(17)23-10-21(11-23)12-29(27)13-21)24-9-16(28-20(24)26)5-7-19(25)14-2-1-3-14/h4,6,8,14,16H,1-3,5,7,9-13H2/t16-/m0/s1. The summed E-state index contributed by atoms with van der Waals surface area (Å²) < 4.78 is 31.5. The van der Waals surface area contributed by atoms with Gasteiger partial charge in [0, 0.05) is 53.1 Å². The van der Waals surface area contributed by atoms with Gasteiger partial charge in [0.1, 0.15) is 17.7 Å². The summed E-state index contributed by atoms with van der Waals surface area (Å²) in [6.45, 7) is 1.81. The molecule has 1 aliphatic carbocycles. The molecule has 0 bridgehead atoms. The molecule has 4 fully saturated rings. The average molecular weight is 421 g/mol. The van der Waals surface area contributed by atoms with Crippen LogP contribution < -0.4 is 9.80 Å². The van der Waals surface area contributed by atoms with Gasteiger partial charge in [-0.3, -0.25) is 13.9 Å². The van der Waals surface area contributed by atoms with Crippen molar-refractivity contribution in [2.75, 3.05) is 40.9 Å². The zero-order valence-corrected chi connectivity index (χ0v) is 17.1. The number of carbonyl (C=O) groups is 2. The fourth-order valence-electron chi connectivity index (χ4n) is 4.80. The first-order valence-electron chi connectivity index (χ1n) is 10.3. The largest absolute Gasteiger partial charge is 0.444 e. The Kier molecular flexibility index (Phi) is 4.64. The maximum absolute atomic E-state index is 14.7. The van der Waals surface area contributed by atoms with Crippen molar-refractivity contribution in [2.24, 2.45) is 11.3 Å². The minimum Gasteiger partial charge on any atom is -0.444 e. The third kappa shape index (κ3) is 3.45. The van der Waals surface area contributed by atoms with E-state index in [1.165, 1.54) is 11.0 Å². The molecule has 0 radical (unpaired) electrons. The Labute approximate surface area is 171 Å². The number of benzene rings is 1. The molecule has 1 spiro atoms. The average Bonchev–Trinajstić information content (AvgIpc) is 2.95. The SMILES string of the molecule is O=C(CC[C@H]1CN(c2ccc(N3CC4(C3)CS(=O)C4)c(F)c2)C(=O)O1)C1CCC1. The van der Waals surface area contributed by atoms with Gasteiger partial charge in [-0.15, -0.1) is 0 Å². The lowest BCUT2D eigenvalue weighted by Crippen LogP contribution is -2.67. The van der Waals surface area contributed by atoms with Crippen LogP contribution in [-0.2, 0) is 20.3 Å². The quantitative estimate of drug-likeness (QED) is 0.708. The highest BCUT2D eigenvalue weighted by Crippen LogP contribution is 2.43. The van der Waals surface area contributed by atoms with Gasteiger partial charge in [-0.2, -0.15) is 0 Å². The Hall–Kier alpha value is -1.96. The molecular weight excluding hydrogens is 395 g/mol. The van der Waals surface area contributed by atoms with Gasteiger partial charge in [0.2, 0.25) is 0 Å². The van der Waals surface area contributed by atoms with Gasteiger partial charge in [-0.1, -0.05) is 6.42 Å². The van der Waals surface area contributed by atoms with Crippen LogP contribution in [0.4, 0.5) is 20.6 Å². The molecular formula is C21H25FN2O4S. The van der Waals surface area contributed by atoms with E-state index < -0.39 is 16.9 Å². The van der Waals surface area contributed by atoms with Gasteiger partial charge in [-0.25, -0.2) is 9.18 Å². The number of cyclic esters (lactones) is 1. The fourth-order valence-corrected chi connectivity index (χ4v) is 6.44. The van der Waals surface area contributed by atoms with Gasteiger partial charge in [0.05, 0.1) is 17.9 Å². The van der Waals surface area contributed by atoms with Crippen molar-refractivity contribution in [1.29, 1.82) is 0 Å². The first kappa shape index (κ1) is 19.0. The van der Waals surface area contributed by atoms with Crippen LogP contribution in [0.1, 0.15) is 32.1 Å². The topological polar surface area (TPSA) is 66.9 Å². The van der Waals surface area contributed by atoms with Crippen molar-refractivity contribution in [1.82, 2.24) is 0 Å². The smallest absolute Gasteiger partial charge is 0.414 e. The number of ketones is 1. The highest BCUT2D eigenvalue weighted by atomic mass is 32.2. The van der Waals surface area contributed by atoms with E-state index in [1.807, 2.05) is 4.90 Å². The number of Topliss-reactive ketones (excluding diaryl/α,β-unsaturated/α-hetero) is 1. The highest BCUT2D eigenvalue weighted by Gasteiger charge is 2.52. The van der Waals surface area contributed by atoms with Crippen molar-refractivity contribution < 1.29 is 22.9 Å². The highest BCUT2D eigenvalue weighted by molar-refractivity contribution is 7.86. The lowest BCUT2D eigenvalue weighted by molar-refractivity contribution is -0.125. The summed E-state index contributed by atoms with van der Waals surface area (Å²) in [6.07, 6.45) is 3.23. The monoisotopic (exact) mass is 420 g/mol. The molecule has 1 atom stereocenters. The van der Waals surface area contributed by atoms with Gasteiger partial charge in [-0.05, 0) is 37.5 Å². The predicted molar refractivity (Wildman–Crippen MR) is 108 cm³/mol. The summed E-state index contributed by atoms with van der Waals surface area (Å²) in [4.78, 5) is 27.7. The van der Waals surface area contributed by atoms with Crippen LogP contribution in [0.3, 0.4) is 0 Å². The first-order chi connectivity index (χ1) is 13.9. The minimum absolute atomic E-state index is 0.110. The molecule has 8 heteroatoms. The maximum Gasteiger partial charge on any atom is 0.414 e. The van der Waals surface area contributed by atoms with Gasteiger partial charge in [0.15, 0.2) is 0 Å². The summed E-state index contributed by atoms with van der Waals surface area (Å²) in [7, 11) is -0.704. The number of rotatable bonds is 6. The summed E-state index contributed by atoms with van der Waals surface area (Å²) in [5.41, 5.74) is 1.11. The Morgan fingerprint density at radius 1 is 1.28 bits per heavy atom. The van der Waals surface area contributed by atoms with Crippen molar-refractivity contribution in [2.45, 2.75) is 38.2 Å². The Balaban J connectivity index is 1.18. The van der Waals surface area contributed by atoms with E-state index in [0.29, 0.717) is 42.3 Å². The molecule has 1 amide bonds. The molecule has 0 unspecified atom stereocenters. The summed E-state index contributed by atoms with van der Waals surface area (Å²) in [5.74, 6) is 1.53. The van der Waals surface area contributed by atoms with Crippen LogP contribution in [0.15, 0.2) is 18.2 Å². The van der Waals surface area contributed by atoms with Crippen LogP contribution in [0.2, 0.25) is 0 Å². The van der Waals surface area contributed by atoms with Gasteiger partial charge < -0.3 is 9.64 Å². The number of halogens is 1. The number of hydrogen-bond donors (Lipinski definition) is 0. The van der Waals surface area contributed by atoms with Gasteiger partial charge >= 0.3 is 6.09 Å². The van der Waals surface area contributed by atoms with Crippen molar-refractivity contribution in [3.63, 3.8) is 0 Å². The van der Waals surface area contributed by atoms with E-state index in [2.05, 4.69) is 0 Å². The summed E-state index contributed by atoms with van der Waals surface area (Å²) in [5, 5.41) is 0. The Bertz CT molecular complexity index is 871. The second kappa shape index (κ2) is 7.07. The van der Waals surface area contributed by atoms with Gasteiger partial charge in [0.25, 0.3) is 0 Å². The zero-order chi connectivity index (χ0) is 20.2. The molecule has 3 saturated heterocycles. The predicted octanol–water partition coefficient (Wildman–Crippen LogP) is 2.87. The third-order valence-electron chi connectivity index (χ3n) is 6.72. The van der Waals surface area contributed by atoms with Crippen LogP contribution in [0.25, 0.3) is 0 Å². The fraction of sp³-hybridized carbons (Fsp3) is 0.619. The van der Waals surface area contributed by atoms with Crippen LogP contribution >= 0.6 is 0 Å². The maximum atomic E-state index is 14.7. The summed E-state index contributed by atoms with van der Waals surface area (Å²) >= 11 is 0. The van der Waals surface area contributed by atoms with Crippen LogP contribution in [0.5, 0.6) is 0 Å². The molecule has 1 saturated carbocycles. The lowest BCUT2D eigenvalue weighted by atomic mass is 9.80. The van der Waals surface area contributed by atoms with Crippen LogP contribution in [0, 0.1) is 17.2 Å². The number of anilines is 2. The van der Waals surface area contributed by atoms with Crippen molar-refractivity contribution in [3.8, 4) is 0 Å². The van der Waals surface area contributed by atoms with Crippen molar-refractivity contribution >= 4 is 34.1 Å². The molecule has 4 aliphatic rings. The Morgan fingerprint density at radius 2 is 2.03 bits per heavy atom. The molecule has 0 aromatic heterocycles. The van der Waals surface area contributed by atoms with Crippen molar-refractivity contribution in [3.05, 3.63) is 24.0 Å². The molecule has 5 rings (SSSR count). The molecule has 29 heavy (non-hydrogen) atoms. The molecule has 3 aliphatic heterocycles. The molecule has 156 valence electrons. The molecule has 1 aromatic carbocycles. The third-order valence-corrected chi connectivity index (χ3v) is 8.59. The zero-order valence-electron chi connectivity index (χ0n) is 16.3. The van der Waals surface area contributed by atoms with E-state index in [-0.39, 0.29) is 29.0 Å². The van der Waals surface area contributed by atoms with E-state index in [9.17, 15) is 18.2 Å². The normalized spacial score (nSPS) is 26.1. The first-order valence-corrected chi connectivity index (χ1v) is 11.8. The molecule has 6 nitrogen and oxygen atoms in total. The second-order valence-corrected chi connectivity index (χ2v) is 10.4. The lowest BCUT2D eigenvalue weighted by Gasteiger charge is -2.55. The summed E-state index contributed by atoms with van der Waals surface area (Å²) in [6, 6.07) is 4.82.